The van der Waals surface area contributed by atoms with Gasteiger partial charge in [-0.15, -0.1) is 0 Å². The van der Waals surface area contributed by atoms with Gasteiger partial charge in [0.15, 0.2) is 0 Å². The Balaban J connectivity index is 1.44. The third-order valence-electron chi connectivity index (χ3n) is 5.53. The highest BCUT2D eigenvalue weighted by Crippen LogP contribution is 2.30. The highest BCUT2D eigenvalue weighted by molar-refractivity contribution is 6.07. The van der Waals surface area contributed by atoms with Crippen LogP contribution in [0.15, 0.2) is 46.9 Å². The number of furan rings is 1. The average molecular weight is 469 g/mol. The van der Waals surface area contributed by atoms with E-state index in [0.717, 1.165) is 0 Å². The highest BCUT2D eigenvalue weighted by atomic mass is 19.1. The SMILES string of the molecule is Cc1oc2ccc(OCc3cccc(F)c3)cc2c1C(=O)NC1CCN(C(=O)OC(C)(C)C)C1. The van der Waals surface area contributed by atoms with Crippen molar-refractivity contribution >= 4 is 23.0 Å². The van der Waals surface area contributed by atoms with Gasteiger partial charge in [-0.05, 0) is 70.0 Å². The molecule has 34 heavy (non-hydrogen) atoms. The Morgan fingerprint density at radius 3 is 2.74 bits per heavy atom. The van der Waals surface area contributed by atoms with Gasteiger partial charge >= 0.3 is 6.09 Å². The molecule has 0 saturated carbocycles. The number of benzene rings is 2. The van der Waals surface area contributed by atoms with Crippen molar-refractivity contribution in [2.75, 3.05) is 13.1 Å². The molecule has 2 aromatic carbocycles. The summed E-state index contributed by atoms with van der Waals surface area (Å²) in [7, 11) is 0. The van der Waals surface area contributed by atoms with Crippen LogP contribution in [-0.4, -0.2) is 41.6 Å². The Morgan fingerprint density at radius 2 is 2.00 bits per heavy atom. The Morgan fingerprint density at radius 1 is 1.21 bits per heavy atom. The van der Waals surface area contributed by atoms with E-state index in [1.54, 1.807) is 42.2 Å². The molecule has 0 aliphatic carbocycles. The summed E-state index contributed by atoms with van der Waals surface area (Å²) >= 11 is 0. The number of hydrogen-bond donors (Lipinski definition) is 1. The molecule has 1 atom stereocenters. The van der Waals surface area contributed by atoms with Crippen LogP contribution >= 0.6 is 0 Å². The molecule has 8 heteroatoms. The molecule has 1 aromatic heterocycles. The lowest BCUT2D eigenvalue weighted by molar-refractivity contribution is 0.0290. The normalized spacial score (nSPS) is 16.0. The molecule has 3 aromatic rings. The summed E-state index contributed by atoms with van der Waals surface area (Å²) in [5, 5.41) is 3.65. The molecule has 2 amide bonds. The van der Waals surface area contributed by atoms with Gasteiger partial charge in [0.25, 0.3) is 5.91 Å². The van der Waals surface area contributed by atoms with E-state index in [9.17, 15) is 14.0 Å². The van der Waals surface area contributed by atoms with E-state index in [1.165, 1.54) is 12.1 Å². The number of nitrogens with one attached hydrogen (secondary N) is 1. The lowest BCUT2D eigenvalue weighted by Gasteiger charge is -2.24. The smallest absolute Gasteiger partial charge is 0.410 e. The van der Waals surface area contributed by atoms with Crippen LogP contribution in [-0.2, 0) is 11.3 Å². The minimum Gasteiger partial charge on any atom is -0.489 e. The zero-order valence-corrected chi connectivity index (χ0v) is 19.8. The first kappa shape index (κ1) is 23.6. The minimum absolute atomic E-state index is 0.184. The first-order chi connectivity index (χ1) is 16.1. The van der Waals surface area contributed by atoms with E-state index in [2.05, 4.69) is 5.32 Å². The summed E-state index contributed by atoms with van der Waals surface area (Å²) in [4.78, 5) is 27.1. The zero-order valence-electron chi connectivity index (χ0n) is 19.8. The molecule has 2 heterocycles. The van der Waals surface area contributed by atoms with E-state index in [1.807, 2.05) is 20.8 Å². The number of carbonyl (C=O) groups is 2. The summed E-state index contributed by atoms with van der Waals surface area (Å²) in [5.41, 5.74) is 1.14. The third kappa shape index (κ3) is 5.50. The lowest BCUT2D eigenvalue weighted by atomic mass is 10.1. The van der Waals surface area contributed by atoms with Crippen LogP contribution in [0.25, 0.3) is 11.0 Å². The monoisotopic (exact) mass is 468 g/mol. The van der Waals surface area contributed by atoms with Crippen LogP contribution in [0.5, 0.6) is 5.75 Å². The summed E-state index contributed by atoms with van der Waals surface area (Å²) in [6, 6.07) is 11.3. The van der Waals surface area contributed by atoms with E-state index in [-0.39, 0.29) is 30.5 Å². The zero-order chi connectivity index (χ0) is 24.5. The van der Waals surface area contributed by atoms with E-state index < -0.39 is 5.60 Å². The predicted molar refractivity (Wildman–Crippen MR) is 125 cm³/mol. The van der Waals surface area contributed by atoms with Crippen LogP contribution in [0.4, 0.5) is 9.18 Å². The molecular weight excluding hydrogens is 439 g/mol. The second-order valence-corrected chi connectivity index (χ2v) is 9.50. The topological polar surface area (TPSA) is 81.0 Å². The number of ether oxygens (including phenoxy) is 2. The summed E-state index contributed by atoms with van der Waals surface area (Å²) in [6.45, 7) is 8.31. The number of amides is 2. The van der Waals surface area contributed by atoms with Crippen molar-refractivity contribution in [3.8, 4) is 5.75 Å². The van der Waals surface area contributed by atoms with Crippen LogP contribution in [0.2, 0.25) is 0 Å². The Bertz CT molecular complexity index is 1210. The fourth-order valence-corrected chi connectivity index (χ4v) is 3.99. The number of fused-ring (bicyclic) bond motifs is 1. The van der Waals surface area contributed by atoms with Gasteiger partial charge < -0.3 is 24.1 Å². The van der Waals surface area contributed by atoms with Gasteiger partial charge in [-0.25, -0.2) is 9.18 Å². The van der Waals surface area contributed by atoms with Crippen molar-refractivity contribution in [2.45, 2.75) is 52.4 Å². The van der Waals surface area contributed by atoms with Crippen molar-refractivity contribution < 1.29 is 27.9 Å². The quantitative estimate of drug-likeness (QED) is 0.557. The summed E-state index contributed by atoms with van der Waals surface area (Å²) in [5.74, 6) is 0.452. The van der Waals surface area contributed by atoms with Crippen LogP contribution in [0.3, 0.4) is 0 Å². The highest BCUT2D eigenvalue weighted by Gasteiger charge is 2.31. The number of likely N-dealkylation sites (tertiary alicyclic amines) is 1. The number of aryl methyl sites for hydroxylation is 1. The molecule has 7 nitrogen and oxygen atoms in total. The van der Waals surface area contributed by atoms with Gasteiger partial charge in [-0.1, -0.05) is 12.1 Å². The third-order valence-corrected chi connectivity index (χ3v) is 5.53. The molecule has 1 aliphatic rings. The van der Waals surface area contributed by atoms with Gasteiger partial charge in [0.1, 0.15) is 35.1 Å². The Kier molecular flexibility index (Phi) is 6.50. The molecule has 1 fully saturated rings. The first-order valence-electron chi connectivity index (χ1n) is 11.3. The van der Waals surface area contributed by atoms with Crippen LogP contribution in [0.1, 0.15) is 48.9 Å². The molecule has 0 spiro atoms. The maximum atomic E-state index is 13.4. The molecule has 1 unspecified atom stereocenters. The number of halogens is 1. The maximum Gasteiger partial charge on any atom is 0.410 e. The fraction of sp³-hybridized carbons (Fsp3) is 0.385. The van der Waals surface area contributed by atoms with Gasteiger partial charge in [-0.3, -0.25) is 4.79 Å². The van der Waals surface area contributed by atoms with E-state index in [4.69, 9.17) is 13.9 Å². The number of rotatable bonds is 5. The Labute approximate surface area is 197 Å². The molecule has 180 valence electrons. The van der Waals surface area contributed by atoms with Crippen LogP contribution < -0.4 is 10.1 Å². The van der Waals surface area contributed by atoms with Gasteiger partial charge in [0.2, 0.25) is 0 Å². The molecule has 0 bridgehead atoms. The summed E-state index contributed by atoms with van der Waals surface area (Å²) < 4.78 is 30.4. The molecule has 1 N–H and O–H groups in total. The first-order valence-corrected chi connectivity index (χ1v) is 11.3. The lowest BCUT2D eigenvalue weighted by Crippen LogP contribution is -2.40. The van der Waals surface area contributed by atoms with Crippen molar-refractivity contribution in [1.29, 1.82) is 0 Å². The maximum absolute atomic E-state index is 13.4. The standard InChI is InChI=1S/C26H29FN2O5/c1-16-23(24(30)28-19-10-11-29(14-19)25(31)34-26(2,3)4)21-13-20(8-9-22(21)33-16)32-15-17-6-5-7-18(27)12-17/h5-9,12-13,19H,10-11,14-15H2,1-4H3,(H,28,30). The van der Waals surface area contributed by atoms with Crippen molar-refractivity contribution in [2.24, 2.45) is 0 Å². The van der Waals surface area contributed by atoms with E-state index >= 15 is 0 Å². The number of carbonyl (C=O) groups excluding carboxylic acids is 2. The van der Waals surface area contributed by atoms with Crippen molar-refractivity contribution in [3.05, 3.63) is 65.2 Å². The fourth-order valence-electron chi connectivity index (χ4n) is 3.99. The van der Waals surface area contributed by atoms with Crippen molar-refractivity contribution in [3.63, 3.8) is 0 Å². The average Bonchev–Trinajstić information content (AvgIpc) is 3.34. The molecule has 1 aliphatic heterocycles. The second kappa shape index (κ2) is 9.37. The van der Waals surface area contributed by atoms with Crippen molar-refractivity contribution in [1.82, 2.24) is 10.2 Å². The molecule has 4 rings (SSSR count). The van der Waals surface area contributed by atoms with Gasteiger partial charge in [0, 0.05) is 24.5 Å². The predicted octanol–water partition coefficient (Wildman–Crippen LogP) is 5.20. The van der Waals surface area contributed by atoms with E-state index in [0.29, 0.717) is 53.1 Å². The van der Waals surface area contributed by atoms with Gasteiger partial charge in [0.05, 0.1) is 5.56 Å². The largest absolute Gasteiger partial charge is 0.489 e. The number of nitrogens with zero attached hydrogens (tertiary/aromatic N) is 1. The molecule has 1 saturated heterocycles. The minimum atomic E-state index is -0.570. The molecule has 0 radical (unpaired) electrons. The Hall–Kier alpha value is -3.55. The van der Waals surface area contributed by atoms with Gasteiger partial charge in [-0.2, -0.15) is 0 Å². The molecular formula is C26H29FN2O5. The van der Waals surface area contributed by atoms with Crippen LogP contribution in [0, 0.1) is 12.7 Å². The number of hydrogen-bond acceptors (Lipinski definition) is 5. The summed E-state index contributed by atoms with van der Waals surface area (Å²) in [6.07, 6.45) is 0.260. The second-order valence-electron chi connectivity index (χ2n) is 9.50.